The van der Waals surface area contributed by atoms with E-state index in [2.05, 4.69) is 382 Å². The fourth-order valence-corrected chi connectivity index (χ4v) is 19.7. The number of hydrogen-bond acceptors (Lipinski definition) is 4. The number of rotatable bonds is 10. The fraction of sp³-hybridized carbons (Fsp3) is 0. The van der Waals surface area contributed by atoms with Crippen LogP contribution in [0.5, 0.6) is 0 Å². The molecule has 24 aromatic rings. The van der Waals surface area contributed by atoms with Gasteiger partial charge in [-0.3, -0.25) is 0 Å². The summed E-state index contributed by atoms with van der Waals surface area (Å²) in [5, 5.41) is 33.8. The van der Waals surface area contributed by atoms with Gasteiger partial charge in [0.2, 0.25) is 0 Å². The molecule has 0 unspecified atom stereocenters. The molecule has 0 bridgehead atoms. The fourth-order valence-electron chi connectivity index (χ4n) is 18.4. The van der Waals surface area contributed by atoms with Crippen LogP contribution in [0.1, 0.15) is 11.1 Å². The largest absolute Gasteiger partial charge is 0.455 e. The van der Waals surface area contributed by atoms with E-state index in [0.717, 1.165) is 117 Å². The van der Waals surface area contributed by atoms with Crippen molar-refractivity contribution in [1.82, 2.24) is 18.3 Å². The van der Waals surface area contributed by atoms with Gasteiger partial charge >= 0.3 is 0 Å². The van der Waals surface area contributed by atoms with E-state index in [1.54, 1.807) is 0 Å². The molecular weight excluding hydrogens is 1450 g/mol. The maximum Gasteiger partial charge on any atom is 0.143 e. The smallest absolute Gasteiger partial charge is 0.143 e. The molecule has 0 aliphatic carbocycles. The zero-order chi connectivity index (χ0) is 78.1. The second-order valence-electron chi connectivity index (χ2n) is 30.5. The molecule has 118 heavy (non-hydrogen) atoms. The Bertz CT molecular complexity index is 7870. The van der Waals surface area contributed by atoms with E-state index < -0.39 is 0 Å². The SMILES string of the molecule is N#Cc1cccc(-n2c3ccccc3c3cc(-c4cccc(-c5ccc6c(c5)c5ccc(-c7cccc8c7oc7ccccc78)cc5n6-c5ccccc5)c4)ccc32)c1.N#Cc1cccc(-n2c3ccccc3c3cc(-c4cccc(-c5ccc6c(c5)c5ccc(-c7cccc8c7sc7ccccc78)cc5n6-c5ccccc5)c4)ccc32)c1. The number of furan rings is 1. The number of fused-ring (bicyclic) bond motifs is 18. The van der Waals surface area contributed by atoms with Crippen LogP contribution in [0.2, 0.25) is 0 Å². The van der Waals surface area contributed by atoms with E-state index in [0.29, 0.717) is 11.1 Å². The minimum atomic E-state index is 0.645. The maximum atomic E-state index is 9.64. The number of para-hydroxylation sites is 6. The summed E-state index contributed by atoms with van der Waals surface area (Å²) in [5.74, 6) is 0. The van der Waals surface area contributed by atoms with Crippen LogP contribution in [0.15, 0.2) is 405 Å². The lowest BCUT2D eigenvalue weighted by molar-refractivity contribution is 0.670. The minimum absolute atomic E-state index is 0.645. The molecule has 6 heterocycles. The Balaban J connectivity index is 0.000000138. The van der Waals surface area contributed by atoms with Crippen molar-refractivity contribution in [3.8, 4) is 102 Å². The summed E-state index contributed by atoms with van der Waals surface area (Å²) >= 11 is 1.88. The lowest BCUT2D eigenvalue weighted by atomic mass is 9.96. The van der Waals surface area contributed by atoms with E-state index >= 15 is 0 Å². The van der Waals surface area contributed by atoms with Crippen LogP contribution in [0.25, 0.3) is 219 Å². The molecule has 24 rings (SSSR count). The number of benzene rings is 18. The molecule has 548 valence electrons. The summed E-state index contributed by atoms with van der Waals surface area (Å²) < 4.78 is 18.4. The Hall–Kier alpha value is -15.8. The highest BCUT2D eigenvalue weighted by molar-refractivity contribution is 7.26. The third-order valence-corrected chi connectivity index (χ3v) is 25.1. The van der Waals surface area contributed by atoms with E-state index in [9.17, 15) is 10.5 Å². The summed E-state index contributed by atoms with van der Waals surface area (Å²) in [4.78, 5) is 0. The molecule has 0 aliphatic rings. The van der Waals surface area contributed by atoms with Gasteiger partial charge in [-0.15, -0.1) is 11.3 Å². The highest BCUT2D eigenvalue weighted by Gasteiger charge is 2.23. The molecule has 7 nitrogen and oxygen atoms in total. The molecule has 18 aromatic carbocycles. The second-order valence-corrected chi connectivity index (χ2v) is 31.5. The third kappa shape index (κ3) is 11.1. The molecule has 0 saturated carbocycles. The van der Waals surface area contributed by atoms with Gasteiger partial charge in [0.15, 0.2) is 0 Å². The van der Waals surface area contributed by atoms with E-state index in [4.69, 9.17) is 4.42 Å². The zero-order valence-electron chi connectivity index (χ0n) is 63.6. The molecule has 8 heteroatoms. The summed E-state index contributed by atoms with van der Waals surface area (Å²) in [5.41, 5.74) is 30.5. The third-order valence-electron chi connectivity index (χ3n) is 23.9. The molecule has 0 amide bonds. The highest BCUT2D eigenvalue weighted by Crippen LogP contribution is 2.47. The molecular formula is C110H66N6OS. The predicted molar refractivity (Wildman–Crippen MR) is 492 cm³/mol. The van der Waals surface area contributed by atoms with E-state index in [1.807, 2.05) is 59.9 Å². The number of thiophene rings is 1. The Morgan fingerprint density at radius 1 is 0.212 bits per heavy atom. The lowest BCUT2D eigenvalue weighted by Gasteiger charge is -2.10. The van der Waals surface area contributed by atoms with Crippen molar-refractivity contribution in [2.75, 3.05) is 0 Å². The maximum absolute atomic E-state index is 9.64. The van der Waals surface area contributed by atoms with Crippen molar-refractivity contribution >= 4 is 141 Å². The van der Waals surface area contributed by atoms with Crippen LogP contribution in [-0.2, 0) is 0 Å². The van der Waals surface area contributed by atoms with E-state index in [1.165, 1.54) is 102 Å². The molecule has 6 aromatic heterocycles. The second kappa shape index (κ2) is 27.5. The normalized spacial score (nSPS) is 11.7. The first-order valence-electron chi connectivity index (χ1n) is 39.8. The average Bonchev–Trinajstić information content (AvgIpc) is 1.61. The first-order valence-corrected chi connectivity index (χ1v) is 40.6. The van der Waals surface area contributed by atoms with Gasteiger partial charge in [-0.1, -0.05) is 243 Å². The lowest BCUT2D eigenvalue weighted by Crippen LogP contribution is -1.94. The Labute approximate surface area is 682 Å². The summed E-state index contributed by atoms with van der Waals surface area (Å²) in [6.45, 7) is 0. The summed E-state index contributed by atoms with van der Waals surface area (Å²) in [6.07, 6.45) is 0. The Morgan fingerprint density at radius 2 is 0.559 bits per heavy atom. The van der Waals surface area contributed by atoms with Crippen LogP contribution in [-0.4, -0.2) is 18.3 Å². The molecule has 0 spiro atoms. The summed E-state index contributed by atoms with van der Waals surface area (Å²) in [7, 11) is 0. The van der Waals surface area contributed by atoms with Gasteiger partial charge in [-0.05, 0) is 219 Å². The quantitative estimate of drug-likeness (QED) is 0.137. The van der Waals surface area contributed by atoms with Crippen LogP contribution in [0.4, 0.5) is 0 Å². The molecule has 0 saturated heterocycles. The molecule has 0 aliphatic heterocycles. The van der Waals surface area contributed by atoms with Crippen molar-refractivity contribution in [1.29, 1.82) is 10.5 Å². The Morgan fingerprint density at radius 3 is 1.05 bits per heavy atom. The number of nitriles is 2. The van der Waals surface area contributed by atoms with Crippen LogP contribution in [0, 0.1) is 22.7 Å². The number of nitrogens with zero attached hydrogens (tertiary/aromatic N) is 6. The number of aromatic nitrogens is 4. The summed E-state index contributed by atoms with van der Waals surface area (Å²) in [6, 6.07) is 148. The average molecular weight is 1520 g/mol. The predicted octanol–water partition coefficient (Wildman–Crippen LogP) is 29.8. The van der Waals surface area contributed by atoms with Crippen molar-refractivity contribution < 1.29 is 4.42 Å². The van der Waals surface area contributed by atoms with Gasteiger partial charge in [-0.25, -0.2) is 0 Å². The molecule has 0 radical (unpaired) electrons. The van der Waals surface area contributed by atoms with Gasteiger partial charge in [0.1, 0.15) is 11.2 Å². The van der Waals surface area contributed by atoms with Gasteiger partial charge < -0.3 is 22.7 Å². The standard InChI is InChI=1S/C55H33N3O.C55H33N3S/c2*56-34-35-11-8-16-42(29-35)58-50-21-6-4-17-44(50)48-31-38(25-28-52(48)58)36-12-9-13-37(30-36)39-24-27-51-49(32-39)45-26-23-40(33-53(45)57(51)41-14-2-1-3-15-41)43-19-10-20-47-46-18-5-7-22-54(46)59-55(43)47/h2*1-33H. The topological polar surface area (TPSA) is 80.4 Å². The first-order chi connectivity index (χ1) is 58.4. The number of hydrogen-bond donors (Lipinski definition) is 0. The van der Waals surface area contributed by atoms with Gasteiger partial charge in [0.25, 0.3) is 0 Å². The van der Waals surface area contributed by atoms with Crippen molar-refractivity contribution in [3.63, 3.8) is 0 Å². The van der Waals surface area contributed by atoms with Crippen molar-refractivity contribution in [2.45, 2.75) is 0 Å². The van der Waals surface area contributed by atoms with Gasteiger partial charge in [0.05, 0.1) is 67.4 Å². The minimum Gasteiger partial charge on any atom is -0.455 e. The van der Waals surface area contributed by atoms with Gasteiger partial charge in [0, 0.05) is 102 Å². The van der Waals surface area contributed by atoms with Crippen LogP contribution >= 0.6 is 11.3 Å². The molecule has 0 atom stereocenters. The zero-order valence-corrected chi connectivity index (χ0v) is 64.4. The molecule has 0 N–H and O–H groups in total. The van der Waals surface area contributed by atoms with E-state index in [-0.39, 0.29) is 0 Å². The highest BCUT2D eigenvalue weighted by atomic mass is 32.1. The molecule has 0 fully saturated rings. The monoisotopic (exact) mass is 1520 g/mol. The Kier molecular flexibility index (Phi) is 15.8. The van der Waals surface area contributed by atoms with Crippen molar-refractivity contribution in [2.24, 2.45) is 0 Å². The van der Waals surface area contributed by atoms with Gasteiger partial charge in [-0.2, -0.15) is 10.5 Å². The first kappa shape index (κ1) is 67.8. The van der Waals surface area contributed by atoms with Crippen molar-refractivity contribution in [3.05, 3.63) is 412 Å². The van der Waals surface area contributed by atoms with Crippen LogP contribution in [0.3, 0.4) is 0 Å². The van der Waals surface area contributed by atoms with Crippen LogP contribution < -0.4 is 0 Å².